The quantitative estimate of drug-likeness (QED) is 0.670. The molecule has 1 aliphatic heterocycles. The standard InChI is InChI=1S/C9H14N4/c1-8-6-13(3-2-12-8)9-4-10-7-11-5-9/h4-5,7-8,12H,2-3,6H2,1H3. The molecule has 1 saturated heterocycles. The molecular formula is C9H14N4. The number of nitrogens with one attached hydrogen (secondary N) is 1. The summed E-state index contributed by atoms with van der Waals surface area (Å²) in [6.07, 6.45) is 5.30. The zero-order chi connectivity index (χ0) is 9.10. The van der Waals surface area contributed by atoms with E-state index in [1.165, 1.54) is 0 Å². The van der Waals surface area contributed by atoms with Gasteiger partial charge in [-0.1, -0.05) is 0 Å². The Morgan fingerprint density at radius 2 is 2.23 bits per heavy atom. The largest absolute Gasteiger partial charge is 0.366 e. The molecule has 13 heavy (non-hydrogen) atoms. The average Bonchev–Trinajstić information content (AvgIpc) is 2.19. The molecule has 1 fully saturated rings. The van der Waals surface area contributed by atoms with Crippen molar-refractivity contribution in [2.45, 2.75) is 13.0 Å². The maximum absolute atomic E-state index is 4.01. The van der Waals surface area contributed by atoms with Crippen LogP contribution in [0.15, 0.2) is 18.7 Å². The van der Waals surface area contributed by atoms with Crippen LogP contribution in [0.25, 0.3) is 0 Å². The molecule has 1 aromatic rings. The van der Waals surface area contributed by atoms with Crippen LogP contribution in [-0.4, -0.2) is 35.6 Å². The van der Waals surface area contributed by atoms with Gasteiger partial charge in [-0.25, -0.2) is 9.97 Å². The van der Waals surface area contributed by atoms with Crippen LogP contribution in [0.4, 0.5) is 5.69 Å². The molecule has 0 aliphatic carbocycles. The molecule has 0 radical (unpaired) electrons. The zero-order valence-corrected chi connectivity index (χ0v) is 7.77. The third-order valence-electron chi connectivity index (χ3n) is 2.28. The van der Waals surface area contributed by atoms with Gasteiger partial charge in [-0.2, -0.15) is 0 Å². The number of rotatable bonds is 1. The summed E-state index contributed by atoms with van der Waals surface area (Å²) in [7, 11) is 0. The zero-order valence-electron chi connectivity index (χ0n) is 7.77. The molecule has 0 amide bonds. The number of anilines is 1. The second-order valence-electron chi connectivity index (χ2n) is 3.40. The van der Waals surface area contributed by atoms with Crippen LogP contribution in [0.1, 0.15) is 6.92 Å². The van der Waals surface area contributed by atoms with E-state index in [0.717, 1.165) is 25.3 Å². The Morgan fingerprint density at radius 1 is 1.46 bits per heavy atom. The number of hydrogen-bond acceptors (Lipinski definition) is 4. The highest BCUT2D eigenvalue weighted by molar-refractivity contribution is 5.42. The van der Waals surface area contributed by atoms with Gasteiger partial charge in [0.05, 0.1) is 18.1 Å². The van der Waals surface area contributed by atoms with Gasteiger partial charge in [0, 0.05) is 25.7 Å². The second-order valence-corrected chi connectivity index (χ2v) is 3.40. The van der Waals surface area contributed by atoms with Gasteiger partial charge in [-0.15, -0.1) is 0 Å². The van der Waals surface area contributed by atoms with Crippen molar-refractivity contribution in [3.8, 4) is 0 Å². The van der Waals surface area contributed by atoms with Gasteiger partial charge in [-0.3, -0.25) is 0 Å². The van der Waals surface area contributed by atoms with E-state index >= 15 is 0 Å². The van der Waals surface area contributed by atoms with Crippen LogP contribution in [0.2, 0.25) is 0 Å². The monoisotopic (exact) mass is 178 g/mol. The van der Waals surface area contributed by atoms with Crippen LogP contribution in [0.5, 0.6) is 0 Å². The van der Waals surface area contributed by atoms with Crippen molar-refractivity contribution >= 4 is 5.69 Å². The normalized spacial score (nSPS) is 23.2. The molecule has 0 saturated carbocycles. The molecule has 70 valence electrons. The van der Waals surface area contributed by atoms with Gasteiger partial charge in [0.2, 0.25) is 0 Å². The fourth-order valence-corrected chi connectivity index (χ4v) is 1.62. The Hall–Kier alpha value is -1.16. The Bertz CT molecular complexity index is 262. The topological polar surface area (TPSA) is 41.1 Å². The lowest BCUT2D eigenvalue weighted by Crippen LogP contribution is -2.49. The van der Waals surface area contributed by atoms with Crippen LogP contribution < -0.4 is 10.2 Å². The van der Waals surface area contributed by atoms with E-state index in [9.17, 15) is 0 Å². The first-order valence-electron chi connectivity index (χ1n) is 4.59. The predicted octanol–water partition coefficient (Wildman–Crippen LogP) is 0.275. The van der Waals surface area contributed by atoms with E-state index in [-0.39, 0.29) is 0 Å². The fourth-order valence-electron chi connectivity index (χ4n) is 1.62. The van der Waals surface area contributed by atoms with Crippen molar-refractivity contribution in [3.63, 3.8) is 0 Å². The molecule has 0 spiro atoms. The highest BCUT2D eigenvalue weighted by atomic mass is 15.2. The van der Waals surface area contributed by atoms with Crippen molar-refractivity contribution in [2.75, 3.05) is 24.5 Å². The van der Waals surface area contributed by atoms with Gasteiger partial charge in [0.1, 0.15) is 6.33 Å². The molecular weight excluding hydrogens is 164 g/mol. The van der Waals surface area contributed by atoms with E-state index in [1.807, 2.05) is 12.4 Å². The predicted molar refractivity (Wildman–Crippen MR) is 51.7 cm³/mol. The highest BCUT2D eigenvalue weighted by Crippen LogP contribution is 2.11. The third-order valence-corrected chi connectivity index (χ3v) is 2.28. The summed E-state index contributed by atoms with van der Waals surface area (Å²) >= 11 is 0. The SMILES string of the molecule is CC1CN(c2cncnc2)CCN1. The summed E-state index contributed by atoms with van der Waals surface area (Å²) in [6.45, 7) is 5.30. The van der Waals surface area contributed by atoms with Crippen molar-refractivity contribution < 1.29 is 0 Å². The van der Waals surface area contributed by atoms with E-state index in [0.29, 0.717) is 6.04 Å². The average molecular weight is 178 g/mol. The van der Waals surface area contributed by atoms with Gasteiger partial charge in [0.25, 0.3) is 0 Å². The summed E-state index contributed by atoms with van der Waals surface area (Å²) in [5.74, 6) is 0. The second kappa shape index (κ2) is 3.70. The first kappa shape index (κ1) is 8.44. The van der Waals surface area contributed by atoms with Gasteiger partial charge in [-0.05, 0) is 6.92 Å². The Morgan fingerprint density at radius 3 is 2.92 bits per heavy atom. The maximum atomic E-state index is 4.01. The summed E-state index contributed by atoms with van der Waals surface area (Å²) in [4.78, 5) is 10.3. The molecule has 2 heterocycles. The minimum Gasteiger partial charge on any atom is -0.366 e. The number of nitrogens with zero attached hydrogens (tertiary/aromatic N) is 3. The van der Waals surface area contributed by atoms with Gasteiger partial charge in [0.15, 0.2) is 0 Å². The van der Waals surface area contributed by atoms with Crippen molar-refractivity contribution in [1.29, 1.82) is 0 Å². The molecule has 1 atom stereocenters. The molecule has 1 N–H and O–H groups in total. The van der Waals surface area contributed by atoms with Crippen molar-refractivity contribution in [2.24, 2.45) is 0 Å². The van der Waals surface area contributed by atoms with Crippen LogP contribution in [0, 0.1) is 0 Å². The molecule has 0 aromatic carbocycles. The van der Waals surface area contributed by atoms with Gasteiger partial charge >= 0.3 is 0 Å². The van der Waals surface area contributed by atoms with E-state index in [4.69, 9.17) is 0 Å². The lowest BCUT2D eigenvalue weighted by molar-refractivity contribution is 0.484. The highest BCUT2D eigenvalue weighted by Gasteiger charge is 2.15. The Balaban J connectivity index is 2.08. The smallest absolute Gasteiger partial charge is 0.115 e. The summed E-state index contributed by atoms with van der Waals surface area (Å²) in [6, 6.07) is 0.550. The maximum Gasteiger partial charge on any atom is 0.115 e. The fraction of sp³-hybridized carbons (Fsp3) is 0.556. The summed E-state index contributed by atoms with van der Waals surface area (Å²) in [5.41, 5.74) is 1.12. The lowest BCUT2D eigenvalue weighted by atomic mass is 10.2. The molecule has 2 rings (SSSR count). The summed E-state index contributed by atoms with van der Waals surface area (Å²) in [5, 5.41) is 3.40. The van der Waals surface area contributed by atoms with Crippen molar-refractivity contribution in [3.05, 3.63) is 18.7 Å². The Kier molecular flexibility index (Phi) is 2.40. The first-order chi connectivity index (χ1) is 6.36. The van der Waals surface area contributed by atoms with E-state index in [1.54, 1.807) is 6.33 Å². The minimum absolute atomic E-state index is 0.550. The van der Waals surface area contributed by atoms with Crippen molar-refractivity contribution in [1.82, 2.24) is 15.3 Å². The minimum atomic E-state index is 0.550. The van der Waals surface area contributed by atoms with Crippen LogP contribution in [0.3, 0.4) is 0 Å². The first-order valence-corrected chi connectivity index (χ1v) is 4.59. The number of piperazine rings is 1. The van der Waals surface area contributed by atoms with Crippen LogP contribution >= 0.6 is 0 Å². The number of aromatic nitrogens is 2. The Labute approximate surface area is 78.0 Å². The molecule has 0 bridgehead atoms. The molecule has 1 unspecified atom stereocenters. The van der Waals surface area contributed by atoms with E-state index in [2.05, 4.69) is 27.1 Å². The third kappa shape index (κ3) is 1.95. The molecule has 4 heteroatoms. The number of hydrogen-bond donors (Lipinski definition) is 1. The van der Waals surface area contributed by atoms with E-state index < -0.39 is 0 Å². The van der Waals surface area contributed by atoms with Crippen LogP contribution in [-0.2, 0) is 0 Å². The van der Waals surface area contributed by atoms with Gasteiger partial charge < -0.3 is 10.2 Å². The molecule has 1 aromatic heterocycles. The lowest BCUT2D eigenvalue weighted by Gasteiger charge is -2.32. The molecule has 1 aliphatic rings. The molecule has 4 nitrogen and oxygen atoms in total. The summed E-state index contributed by atoms with van der Waals surface area (Å²) < 4.78 is 0.